The molecule has 1 aliphatic rings. The predicted molar refractivity (Wildman–Crippen MR) is 134 cm³/mol. The molecule has 0 amide bonds. The van der Waals surface area contributed by atoms with E-state index >= 15 is 0 Å². The van der Waals surface area contributed by atoms with Gasteiger partial charge < -0.3 is 11.1 Å². The van der Waals surface area contributed by atoms with Gasteiger partial charge >= 0.3 is 0 Å². The third-order valence-electron chi connectivity index (χ3n) is 5.42. The monoisotopic (exact) mass is 485 g/mol. The Balaban J connectivity index is 1.59. The molecule has 3 N–H and O–H groups in total. The van der Waals surface area contributed by atoms with Gasteiger partial charge in [-0.2, -0.15) is 0 Å². The molecule has 5 nitrogen and oxygen atoms in total. The first kappa shape index (κ1) is 22.7. The summed E-state index contributed by atoms with van der Waals surface area (Å²) >= 11 is 6.27. The fourth-order valence-electron chi connectivity index (χ4n) is 3.88. The number of nitrogens with zero attached hydrogens (tertiary/aromatic N) is 3. The van der Waals surface area contributed by atoms with Crippen molar-refractivity contribution in [1.82, 2.24) is 9.97 Å². The highest BCUT2D eigenvalue weighted by atomic mass is 35.5. The van der Waals surface area contributed by atoms with E-state index < -0.39 is 11.6 Å². The second-order valence-electron chi connectivity index (χ2n) is 7.73. The number of nitrogens with two attached hydrogens (primary N) is 1. The van der Waals surface area contributed by atoms with E-state index in [9.17, 15) is 8.78 Å². The lowest BCUT2D eigenvalue weighted by molar-refractivity contribution is 0.579. The van der Waals surface area contributed by atoms with Crippen molar-refractivity contribution in [1.29, 1.82) is 0 Å². The standard InChI is InChI=1S/C27H18ClF2N5/c28-18-9-10-20-21(13-18)26(24-22(29)7-2-8-23(24)30)32-14-17-15-33-27(35-25(17)20)34-19-6-1-4-16(12-19)5-3-11-31/h1-2,4,6-10,12-13,15H,11,14,31H2,(H,33,34,35). The summed E-state index contributed by atoms with van der Waals surface area (Å²) in [6, 6.07) is 16.3. The fraction of sp³-hybridized carbons (Fsp3) is 0.0741. The summed E-state index contributed by atoms with van der Waals surface area (Å²) < 4.78 is 29.4. The minimum atomic E-state index is -0.702. The number of halogens is 3. The molecule has 5 rings (SSSR count). The van der Waals surface area contributed by atoms with Crippen LogP contribution >= 0.6 is 11.6 Å². The highest BCUT2D eigenvalue weighted by Gasteiger charge is 2.25. The quantitative estimate of drug-likeness (QED) is 0.377. The van der Waals surface area contributed by atoms with Crippen LogP contribution in [-0.4, -0.2) is 22.2 Å². The van der Waals surface area contributed by atoms with Crippen LogP contribution in [0.1, 0.15) is 22.3 Å². The van der Waals surface area contributed by atoms with Crippen LogP contribution in [0.15, 0.2) is 71.9 Å². The van der Waals surface area contributed by atoms with Crippen LogP contribution in [0.3, 0.4) is 0 Å². The van der Waals surface area contributed by atoms with Crippen LogP contribution in [0.5, 0.6) is 0 Å². The number of fused-ring (bicyclic) bond motifs is 3. The average molecular weight is 486 g/mol. The van der Waals surface area contributed by atoms with E-state index in [4.69, 9.17) is 22.3 Å². The zero-order valence-corrected chi connectivity index (χ0v) is 19.1. The van der Waals surface area contributed by atoms with Gasteiger partial charge in [-0.05, 0) is 42.5 Å². The molecule has 0 radical (unpaired) electrons. The summed E-state index contributed by atoms with van der Waals surface area (Å²) in [4.78, 5) is 13.7. The molecule has 8 heteroatoms. The summed E-state index contributed by atoms with van der Waals surface area (Å²) in [7, 11) is 0. The van der Waals surface area contributed by atoms with Crippen molar-refractivity contribution in [2.75, 3.05) is 11.9 Å². The Morgan fingerprint density at radius 3 is 2.60 bits per heavy atom. The lowest BCUT2D eigenvalue weighted by atomic mass is 9.95. The largest absolute Gasteiger partial charge is 0.324 e. The highest BCUT2D eigenvalue weighted by Crippen LogP contribution is 2.34. The molecule has 2 heterocycles. The molecule has 0 saturated carbocycles. The lowest BCUT2D eigenvalue weighted by Gasteiger charge is -2.13. The average Bonchev–Trinajstić information content (AvgIpc) is 3.00. The van der Waals surface area contributed by atoms with Crippen LogP contribution in [0.2, 0.25) is 5.02 Å². The van der Waals surface area contributed by atoms with Gasteiger partial charge in [0, 0.05) is 39.2 Å². The van der Waals surface area contributed by atoms with Gasteiger partial charge in [-0.3, -0.25) is 4.99 Å². The molecular formula is C27H18ClF2N5. The molecule has 1 aliphatic heterocycles. The van der Waals surface area contributed by atoms with Gasteiger partial charge in [-0.15, -0.1) is 0 Å². The number of nitrogens with one attached hydrogen (secondary N) is 1. The van der Waals surface area contributed by atoms with Crippen molar-refractivity contribution in [3.63, 3.8) is 0 Å². The van der Waals surface area contributed by atoms with Crippen molar-refractivity contribution in [2.24, 2.45) is 10.7 Å². The van der Waals surface area contributed by atoms with Crippen molar-refractivity contribution < 1.29 is 8.78 Å². The molecule has 35 heavy (non-hydrogen) atoms. The number of hydrogen-bond acceptors (Lipinski definition) is 5. The summed E-state index contributed by atoms with van der Waals surface area (Å²) in [6.45, 7) is 0.422. The molecular weight excluding hydrogens is 468 g/mol. The number of aromatic nitrogens is 2. The third kappa shape index (κ3) is 4.62. The summed E-state index contributed by atoms with van der Waals surface area (Å²) in [6.07, 6.45) is 1.66. The number of benzene rings is 3. The maximum atomic E-state index is 14.7. The van der Waals surface area contributed by atoms with Crippen molar-refractivity contribution in [3.8, 4) is 23.1 Å². The molecule has 4 aromatic rings. The van der Waals surface area contributed by atoms with Gasteiger partial charge in [0.25, 0.3) is 0 Å². The second kappa shape index (κ2) is 9.63. The number of hydrogen-bond donors (Lipinski definition) is 2. The molecule has 1 aromatic heterocycles. The van der Waals surface area contributed by atoms with Crippen molar-refractivity contribution in [2.45, 2.75) is 6.54 Å². The molecule has 0 unspecified atom stereocenters. The molecule has 0 fully saturated rings. The summed E-state index contributed by atoms with van der Waals surface area (Å²) in [5, 5.41) is 3.61. The van der Waals surface area contributed by atoms with E-state index in [-0.39, 0.29) is 24.4 Å². The number of anilines is 2. The van der Waals surface area contributed by atoms with Crippen molar-refractivity contribution >= 4 is 28.9 Å². The van der Waals surface area contributed by atoms with Crippen LogP contribution in [-0.2, 0) is 6.54 Å². The number of rotatable bonds is 3. The summed E-state index contributed by atoms with van der Waals surface area (Å²) in [5.41, 5.74) is 9.45. The van der Waals surface area contributed by atoms with Crippen LogP contribution in [0.25, 0.3) is 11.3 Å². The third-order valence-corrected chi connectivity index (χ3v) is 5.65. The molecule has 0 spiro atoms. The Morgan fingerprint density at radius 2 is 1.80 bits per heavy atom. The maximum absolute atomic E-state index is 14.7. The van der Waals surface area contributed by atoms with Crippen LogP contribution < -0.4 is 11.1 Å². The minimum absolute atomic E-state index is 0.148. The first-order valence-corrected chi connectivity index (χ1v) is 11.1. The molecule has 0 bridgehead atoms. The summed E-state index contributed by atoms with van der Waals surface area (Å²) in [5.74, 6) is 4.77. The minimum Gasteiger partial charge on any atom is -0.324 e. The molecule has 0 aliphatic carbocycles. The first-order chi connectivity index (χ1) is 17.0. The van der Waals surface area contributed by atoms with E-state index in [0.717, 1.165) is 11.3 Å². The highest BCUT2D eigenvalue weighted by molar-refractivity contribution is 6.31. The smallest absolute Gasteiger partial charge is 0.227 e. The van der Waals surface area contributed by atoms with Crippen molar-refractivity contribution in [3.05, 3.63) is 106 Å². The molecule has 0 atom stereocenters. The maximum Gasteiger partial charge on any atom is 0.227 e. The van der Waals surface area contributed by atoms with E-state index in [1.54, 1.807) is 24.4 Å². The Morgan fingerprint density at radius 1 is 1.00 bits per heavy atom. The molecule has 3 aromatic carbocycles. The molecule has 0 saturated heterocycles. The van der Waals surface area contributed by atoms with Gasteiger partial charge in [0.1, 0.15) is 11.6 Å². The Kier molecular flexibility index (Phi) is 6.23. The zero-order chi connectivity index (χ0) is 24.4. The number of aliphatic imine (C=N–C) groups is 1. The lowest BCUT2D eigenvalue weighted by Crippen LogP contribution is -2.10. The van der Waals surface area contributed by atoms with Gasteiger partial charge in [0.05, 0.1) is 30.1 Å². The SMILES string of the molecule is NCC#Cc1cccc(Nc2ncc3c(n2)-c2ccc(Cl)cc2C(c2c(F)cccc2F)=NC3)c1. The molecule has 172 valence electrons. The Labute approximate surface area is 205 Å². The second-order valence-corrected chi connectivity index (χ2v) is 8.17. The topological polar surface area (TPSA) is 76.2 Å². The van der Waals surface area contributed by atoms with Gasteiger partial charge in [0.15, 0.2) is 0 Å². The van der Waals surface area contributed by atoms with E-state index in [0.29, 0.717) is 33.4 Å². The van der Waals surface area contributed by atoms with Crippen LogP contribution in [0, 0.1) is 23.5 Å². The van der Waals surface area contributed by atoms with Gasteiger partial charge in [-0.25, -0.2) is 18.7 Å². The van der Waals surface area contributed by atoms with E-state index in [1.807, 2.05) is 24.3 Å². The van der Waals surface area contributed by atoms with Gasteiger partial charge in [-0.1, -0.05) is 41.6 Å². The zero-order valence-electron chi connectivity index (χ0n) is 18.3. The Bertz CT molecular complexity index is 1520. The van der Waals surface area contributed by atoms with E-state index in [2.05, 4.69) is 27.1 Å². The predicted octanol–water partition coefficient (Wildman–Crippen LogP) is 5.48. The fourth-order valence-corrected chi connectivity index (χ4v) is 4.05. The first-order valence-electron chi connectivity index (χ1n) is 10.7. The van der Waals surface area contributed by atoms with Gasteiger partial charge in [0.2, 0.25) is 5.95 Å². The van der Waals surface area contributed by atoms with Crippen LogP contribution in [0.4, 0.5) is 20.4 Å². The Hall–Kier alpha value is -4.12. The van der Waals surface area contributed by atoms with E-state index in [1.165, 1.54) is 18.2 Å². The normalized spacial score (nSPS) is 11.9.